The van der Waals surface area contributed by atoms with E-state index in [1.54, 1.807) is 15.9 Å². The Morgan fingerprint density at radius 2 is 2.12 bits per heavy atom. The summed E-state index contributed by atoms with van der Waals surface area (Å²) >= 11 is 1.68. The van der Waals surface area contributed by atoms with Gasteiger partial charge in [0.25, 0.3) is 5.56 Å². The van der Waals surface area contributed by atoms with Gasteiger partial charge in [-0.05, 0) is 39.8 Å². The summed E-state index contributed by atoms with van der Waals surface area (Å²) in [6.07, 6.45) is 0.232. The van der Waals surface area contributed by atoms with Crippen LogP contribution in [0.5, 0.6) is 0 Å². The van der Waals surface area contributed by atoms with Crippen LogP contribution in [-0.2, 0) is 11.2 Å². The van der Waals surface area contributed by atoms with Crippen molar-refractivity contribution in [2.45, 2.75) is 40.2 Å². The van der Waals surface area contributed by atoms with Crippen molar-refractivity contribution in [1.82, 2.24) is 19.9 Å². The lowest BCUT2D eigenvalue weighted by molar-refractivity contribution is -0.121. The number of nitrogens with one attached hydrogen (secondary N) is 2. The van der Waals surface area contributed by atoms with Gasteiger partial charge < -0.3 is 5.32 Å². The summed E-state index contributed by atoms with van der Waals surface area (Å²) < 4.78 is 1.63. The highest BCUT2D eigenvalue weighted by Crippen LogP contribution is 2.22. The molecule has 126 valence electrons. The van der Waals surface area contributed by atoms with E-state index in [0.29, 0.717) is 5.65 Å². The summed E-state index contributed by atoms with van der Waals surface area (Å²) in [7, 11) is 0. The lowest BCUT2D eigenvalue weighted by Gasteiger charge is -2.15. The first-order valence-corrected chi connectivity index (χ1v) is 8.60. The summed E-state index contributed by atoms with van der Waals surface area (Å²) in [6, 6.07) is 5.52. The molecule has 1 amide bonds. The summed E-state index contributed by atoms with van der Waals surface area (Å²) in [4.78, 5) is 30.7. The first kappa shape index (κ1) is 16.4. The van der Waals surface area contributed by atoms with Gasteiger partial charge in [-0.3, -0.25) is 14.7 Å². The highest BCUT2D eigenvalue weighted by atomic mass is 32.1. The second kappa shape index (κ2) is 6.24. The monoisotopic (exact) mass is 344 g/mol. The van der Waals surface area contributed by atoms with Gasteiger partial charge in [-0.1, -0.05) is 0 Å². The van der Waals surface area contributed by atoms with Crippen molar-refractivity contribution in [3.63, 3.8) is 0 Å². The van der Waals surface area contributed by atoms with Gasteiger partial charge >= 0.3 is 0 Å². The third-order valence-corrected chi connectivity index (χ3v) is 5.29. The minimum absolute atomic E-state index is 0.0279. The Kier molecular flexibility index (Phi) is 4.28. The molecule has 3 rings (SSSR count). The number of rotatable bonds is 4. The lowest BCUT2D eigenvalue weighted by atomic mass is 10.1. The normalized spacial score (nSPS) is 12.5. The molecule has 0 aromatic carbocycles. The van der Waals surface area contributed by atoms with Gasteiger partial charge in [0, 0.05) is 32.8 Å². The minimum Gasteiger partial charge on any atom is -0.348 e. The highest BCUT2D eigenvalue weighted by molar-refractivity contribution is 7.12. The van der Waals surface area contributed by atoms with Gasteiger partial charge in [0.15, 0.2) is 5.65 Å². The zero-order valence-corrected chi connectivity index (χ0v) is 15.0. The average molecular weight is 344 g/mol. The SMILES string of the molecule is Cc1ccc([C@@H](C)NC(=O)Cc2c(C)nc3cc(=O)[nH]n3c2C)s1. The molecule has 3 heterocycles. The highest BCUT2D eigenvalue weighted by Gasteiger charge is 2.16. The Bertz CT molecular complexity index is 967. The number of carbonyl (C=O) groups is 1. The quantitative estimate of drug-likeness (QED) is 0.763. The molecule has 0 saturated carbocycles. The largest absolute Gasteiger partial charge is 0.348 e. The first-order chi connectivity index (χ1) is 11.3. The molecule has 0 saturated heterocycles. The van der Waals surface area contributed by atoms with E-state index < -0.39 is 0 Å². The van der Waals surface area contributed by atoms with Crippen LogP contribution in [0.15, 0.2) is 23.0 Å². The van der Waals surface area contributed by atoms with Crippen LogP contribution in [0.1, 0.15) is 39.7 Å². The van der Waals surface area contributed by atoms with Crippen LogP contribution in [0, 0.1) is 20.8 Å². The van der Waals surface area contributed by atoms with Crippen molar-refractivity contribution in [1.29, 1.82) is 0 Å². The maximum Gasteiger partial charge on any atom is 0.266 e. The van der Waals surface area contributed by atoms with Gasteiger partial charge in [-0.15, -0.1) is 11.3 Å². The van der Waals surface area contributed by atoms with Crippen molar-refractivity contribution in [3.05, 3.63) is 55.3 Å². The summed E-state index contributed by atoms with van der Waals surface area (Å²) in [5.74, 6) is -0.0598. The maximum absolute atomic E-state index is 12.4. The third-order valence-electron chi connectivity index (χ3n) is 4.11. The fourth-order valence-corrected chi connectivity index (χ4v) is 3.70. The van der Waals surface area contributed by atoms with Crippen molar-refractivity contribution < 1.29 is 4.79 Å². The molecule has 0 spiro atoms. The molecule has 3 aromatic rings. The van der Waals surface area contributed by atoms with Crippen molar-refractivity contribution in [2.24, 2.45) is 0 Å². The molecule has 0 aliphatic rings. The summed E-state index contributed by atoms with van der Waals surface area (Å²) in [6.45, 7) is 7.77. The number of aromatic amines is 1. The number of H-pyrrole nitrogens is 1. The van der Waals surface area contributed by atoms with Crippen molar-refractivity contribution >= 4 is 22.9 Å². The van der Waals surface area contributed by atoms with Gasteiger partial charge in [-0.2, -0.15) is 0 Å². The second-order valence-electron chi connectivity index (χ2n) is 5.99. The lowest BCUT2D eigenvalue weighted by Crippen LogP contribution is -2.28. The zero-order chi connectivity index (χ0) is 17.4. The average Bonchev–Trinajstić information content (AvgIpc) is 3.09. The van der Waals surface area contributed by atoms with E-state index in [-0.39, 0.29) is 23.9 Å². The Morgan fingerprint density at radius 3 is 2.79 bits per heavy atom. The van der Waals surface area contributed by atoms with E-state index in [1.165, 1.54) is 10.9 Å². The standard InChI is InChI=1S/C17H20N4O2S/c1-9-5-6-14(24-9)11(3)19-16(22)7-13-10(2)18-15-8-17(23)20-21(15)12(13)4/h5-6,8,11H,7H2,1-4H3,(H,19,22)(H,20,23)/t11-/m1/s1. The van der Waals surface area contributed by atoms with E-state index >= 15 is 0 Å². The van der Waals surface area contributed by atoms with Crippen LogP contribution in [-0.4, -0.2) is 20.5 Å². The molecule has 0 bridgehead atoms. The Morgan fingerprint density at radius 1 is 1.38 bits per heavy atom. The Balaban J connectivity index is 1.81. The molecular weight excluding hydrogens is 324 g/mol. The molecule has 2 N–H and O–H groups in total. The molecule has 0 aliphatic carbocycles. The fourth-order valence-electron chi connectivity index (χ4n) is 2.82. The number of fused-ring (bicyclic) bond motifs is 1. The number of carbonyl (C=O) groups excluding carboxylic acids is 1. The van der Waals surface area contributed by atoms with Crippen molar-refractivity contribution in [3.8, 4) is 0 Å². The fraction of sp³-hybridized carbons (Fsp3) is 0.353. The third kappa shape index (κ3) is 3.12. The van der Waals surface area contributed by atoms with Crippen LogP contribution in [0.25, 0.3) is 5.65 Å². The van der Waals surface area contributed by atoms with E-state index in [9.17, 15) is 9.59 Å². The molecule has 0 aliphatic heterocycles. The summed E-state index contributed by atoms with van der Waals surface area (Å²) in [5, 5.41) is 5.73. The summed E-state index contributed by atoms with van der Waals surface area (Å²) in [5.41, 5.74) is 2.80. The second-order valence-corrected chi connectivity index (χ2v) is 7.31. The van der Waals surface area contributed by atoms with Gasteiger partial charge in [0.05, 0.1) is 12.5 Å². The van der Waals surface area contributed by atoms with Crippen LogP contribution in [0.2, 0.25) is 0 Å². The molecule has 6 nitrogen and oxygen atoms in total. The van der Waals surface area contributed by atoms with E-state index in [4.69, 9.17) is 0 Å². The number of aromatic nitrogens is 3. The first-order valence-electron chi connectivity index (χ1n) is 7.78. The number of hydrogen-bond donors (Lipinski definition) is 2. The number of nitrogens with zero attached hydrogens (tertiary/aromatic N) is 2. The molecule has 0 fully saturated rings. The van der Waals surface area contributed by atoms with Crippen LogP contribution in [0.4, 0.5) is 0 Å². The van der Waals surface area contributed by atoms with Crippen LogP contribution < -0.4 is 10.9 Å². The molecule has 3 aromatic heterocycles. The van der Waals surface area contributed by atoms with Gasteiger partial charge in [-0.25, -0.2) is 9.50 Å². The van der Waals surface area contributed by atoms with Gasteiger partial charge in [0.1, 0.15) is 0 Å². The predicted octanol–water partition coefficient (Wildman–Crippen LogP) is 2.43. The molecule has 7 heteroatoms. The maximum atomic E-state index is 12.4. The topological polar surface area (TPSA) is 79.3 Å². The van der Waals surface area contributed by atoms with E-state index in [2.05, 4.69) is 21.5 Å². The number of amides is 1. The van der Waals surface area contributed by atoms with E-state index in [0.717, 1.165) is 21.8 Å². The van der Waals surface area contributed by atoms with Crippen LogP contribution >= 0.6 is 11.3 Å². The molecular formula is C17H20N4O2S. The minimum atomic E-state index is -0.201. The van der Waals surface area contributed by atoms with E-state index in [1.807, 2.05) is 33.8 Å². The predicted molar refractivity (Wildman–Crippen MR) is 94.6 cm³/mol. The Hall–Kier alpha value is -2.41. The smallest absolute Gasteiger partial charge is 0.266 e. The number of thiophene rings is 1. The van der Waals surface area contributed by atoms with Crippen LogP contribution in [0.3, 0.4) is 0 Å². The molecule has 1 atom stereocenters. The van der Waals surface area contributed by atoms with Gasteiger partial charge in [0.2, 0.25) is 5.91 Å². The van der Waals surface area contributed by atoms with Crippen molar-refractivity contribution in [2.75, 3.05) is 0 Å². The number of hydrogen-bond acceptors (Lipinski definition) is 4. The molecule has 24 heavy (non-hydrogen) atoms. The zero-order valence-electron chi connectivity index (χ0n) is 14.1. The Labute approximate surface area is 143 Å². The number of aryl methyl sites for hydroxylation is 3. The molecule has 0 unspecified atom stereocenters. The molecule has 0 radical (unpaired) electrons.